The highest BCUT2D eigenvalue weighted by Gasteiger charge is 2.13. The molecule has 0 fully saturated rings. The summed E-state index contributed by atoms with van der Waals surface area (Å²) in [6.07, 6.45) is 2.32. The molecule has 7 nitrogen and oxygen atoms in total. The van der Waals surface area contributed by atoms with Crippen molar-refractivity contribution in [3.8, 4) is 0 Å². The number of aliphatic imine (C=N–C) groups is 1. The van der Waals surface area contributed by atoms with Crippen molar-refractivity contribution in [2.75, 3.05) is 0 Å². The van der Waals surface area contributed by atoms with Gasteiger partial charge in [0.1, 0.15) is 24.0 Å². The number of pyridine rings is 1. The first-order chi connectivity index (χ1) is 10.0. The second kappa shape index (κ2) is 6.21. The molecule has 21 heavy (non-hydrogen) atoms. The molecule has 0 saturated carbocycles. The smallest absolute Gasteiger partial charge is 0.218 e. The fourth-order valence-electron chi connectivity index (χ4n) is 1.73. The van der Waals surface area contributed by atoms with E-state index in [1.54, 1.807) is 13.8 Å². The first-order valence-electron chi connectivity index (χ1n) is 6.32. The second-order valence-electron chi connectivity index (χ2n) is 4.46. The van der Waals surface area contributed by atoms with Crippen LogP contribution in [-0.4, -0.2) is 38.0 Å². The zero-order valence-electron chi connectivity index (χ0n) is 11.7. The van der Waals surface area contributed by atoms with Gasteiger partial charge in [0.05, 0.1) is 12.1 Å². The van der Waals surface area contributed by atoms with E-state index in [0.29, 0.717) is 17.9 Å². The monoisotopic (exact) mass is 290 g/mol. The first-order valence-corrected chi connectivity index (χ1v) is 6.32. The predicted molar refractivity (Wildman–Crippen MR) is 74.3 cm³/mol. The van der Waals surface area contributed by atoms with Crippen molar-refractivity contribution in [1.29, 1.82) is 0 Å². The predicted octanol–water partition coefficient (Wildman–Crippen LogP) is 0.462. The second-order valence-corrected chi connectivity index (χ2v) is 4.46. The molecule has 0 aliphatic carbocycles. The van der Waals surface area contributed by atoms with Crippen molar-refractivity contribution in [3.05, 3.63) is 41.5 Å². The third kappa shape index (κ3) is 3.47. The van der Waals surface area contributed by atoms with E-state index >= 15 is 0 Å². The number of nitrogens with zero attached hydrogens (tertiary/aromatic N) is 5. The summed E-state index contributed by atoms with van der Waals surface area (Å²) in [6.45, 7) is 3.30. The Balaban J connectivity index is 2.25. The topological polar surface area (TPSA) is 99.1 Å². The molecule has 0 radical (unpaired) electrons. The maximum absolute atomic E-state index is 13.5. The number of carbonyl (C=O) groups is 1. The molecule has 2 rings (SSSR count). The van der Waals surface area contributed by atoms with E-state index in [1.165, 1.54) is 23.0 Å². The third-order valence-electron chi connectivity index (χ3n) is 2.72. The summed E-state index contributed by atoms with van der Waals surface area (Å²) in [4.78, 5) is 22.7. The van der Waals surface area contributed by atoms with Crippen molar-refractivity contribution in [3.63, 3.8) is 0 Å². The van der Waals surface area contributed by atoms with Gasteiger partial charge in [-0.15, -0.1) is 5.10 Å². The van der Waals surface area contributed by atoms with Gasteiger partial charge in [-0.2, -0.15) is 4.68 Å². The van der Waals surface area contributed by atoms with Crippen molar-refractivity contribution in [2.24, 2.45) is 10.7 Å². The highest BCUT2D eigenvalue weighted by molar-refractivity contribution is 5.81. The Kier molecular flexibility index (Phi) is 4.36. The number of hydrogen-bond acceptors (Lipinski definition) is 5. The van der Waals surface area contributed by atoms with E-state index in [2.05, 4.69) is 20.1 Å². The number of aldehydes is 1. The summed E-state index contributed by atoms with van der Waals surface area (Å²) in [5.74, 6) is 0.526. The van der Waals surface area contributed by atoms with E-state index in [9.17, 15) is 9.18 Å². The summed E-state index contributed by atoms with van der Waals surface area (Å²) < 4.78 is 14.9. The van der Waals surface area contributed by atoms with Crippen LogP contribution in [0, 0.1) is 12.7 Å². The van der Waals surface area contributed by atoms with Crippen molar-refractivity contribution < 1.29 is 9.18 Å². The van der Waals surface area contributed by atoms with E-state index in [1.807, 2.05) is 0 Å². The van der Waals surface area contributed by atoms with Crippen LogP contribution in [0.4, 0.5) is 4.39 Å². The van der Waals surface area contributed by atoms with Gasteiger partial charge in [-0.3, -0.25) is 4.98 Å². The number of halogens is 1. The molecule has 0 amide bonds. The molecule has 0 spiro atoms. The van der Waals surface area contributed by atoms with Crippen molar-refractivity contribution in [2.45, 2.75) is 26.3 Å². The van der Waals surface area contributed by atoms with Crippen LogP contribution in [-0.2, 0) is 11.2 Å². The van der Waals surface area contributed by atoms with Crippen LogP contribution in [0.3, 0.4) is 0 Å². The number of aromatic nitrogens is 4. The molecule has 2 heterocycles. The van der Waals surface area contributed by atoms with Crippen LogP contribution < -0.4 is 5.73 Å². The summed E-state index contributed by atoms with van der Waals surface area (Å²) in [5.41, 5.74) is 6.03. The molecule has 110 valence electrons. The van der Waals surface area contributed by atoms with E-state index in [-0.39, 0.29) is 18.1 Å². The molecule has 1 atom stereocenters. The lowest BCUT2D eigenvalue weighted by Crippen LogP contribution is -2.27. The van der Waals surface area contributed by atoms with Gasteiger partial charge in [-0.1, -0.05) is 0 Å². The van der Waals surface area contributed by atoms with Gasteiger partial charge in [0, 0.05) is 6.20 Å². The third-order valence-corrected chi connectivity index (χ3v) is 2.72. The largest absolute Gasteiger partial charge is 0.368 e. The van der Waals surface area contributed by atoms with Crippen LogP contribution in [0.2, 0.25) is 0 Å². The zero-order chi connectivity index (χ0) is 15.4. The van der Waals surface area contributed by atoms with Crippen LogP contribution in [0.25, 0.3) is 0 Å². The minimum absolute atomic E-state index is 0.0624. The lowest BCUT2D eigenvalue weighted by molar-refractivity contribution is -0.108. The van der Waals surface area contributed by atoms with Gasteiger partial charge < -0.3 is 10.5 Å². The molecule has 0 aliphatic rings. The molecule has 1 unspecified atom stereocenters. The average molecular weight is 290 g/mol. The fourth-order valence-corrected chi connectivity index (χ4v) is 1.73. The molecule has 2 aromatic rings. The number of carbonyl (C=O) groups excluding carboxylic acids is 1. The number of rotatable bonds is 4. The Bertz CT molecular complexity index is 681. The Morgan fingerprint density at radius 2 is 2.38 bits per heavy atom. The minimum atomic E-state index is -0.565. The highest BCUT2D eigenvalue weighted by Crippen LogP contribution is 2.08. The van der Waals surface area contributed by atoms with Crippen molar-refractivity contribution >= 4 is 12.2 Å². The Morgan fingerprint density at radius 3 is 3.05 bits per heavy atom. The van der Waals surface area contributed by atoms with E-state index in [4.69, 9.17) is 5.73 Å². The molecule has 0 aliphatic heterocycles. The van der Waals surface area contributed by atoms with Gasteiger partial charge in [-0.05, 0) is 26.0 Å². The highest BCUT2D eigenvalue weighted by atomic mass is 19.1. The maximum atomic E-state index is 13.5. The summed E-state index contributed by atoms with van der Waals surface area (Å²) in [5, 5.41) is 4.16. The lowest BCUT2D eigenvalue weighted by Gasteiger charge is -2.02. The summed E-state index contributed by atoms with van der Waals surface area (Å²) in [7, 11) is 0. The number of aryl methyl sites for hydroxylation is 1. The number of hydrogen-bond donors (Lipinski definition) is 1. The molecule has 0 saturated heterocycles. The maximum Gasteiger partial charge on any atom is 0.218 e. The molecular formula is C13H15FN6O. The minimum Gasteiger partial charge on any atom is -0.368 e. The van der Waals surface area contributed by atoms with E-state index in [0.717, 1.165) is 0 Å². The first kappa shape index (κ1) is 14.8. The Morgan fingerprint density at radius 1 is 1.62 bits per heavy atom. The van der Waals surface area contributed by atoms with Gasteiger partial charge in [0.25, 0.3) is 0 Å². The van der Waals surface area contributed by atoms with Crippen molar-refractivity contribution in [1.82, 2.24) is 19.7 Å². The lowest BCUT2D eigenvalue weighted by atomic mass is 10.2. The van der Waals surface area contributed by atoms with Crippen LogP contribution in [0.15, 0.2) is 23.3 Å². The van der Waals surface area contributed by atoms with Gasteiger partial charge >= 0.3 is 0 Å². The molecule has 2 aromatic heterocycles. The molecule has 2 N–H and O–H groups in total. The molecule has 0 aromatic carbocycles. The van der Waals surface area contributed by atoms with Gasteiger partial charge in [0.15, 0.2) is 5.82 Å². The normalized spacial score (nSPS) is 13.2. The SMILES string of the molecule is Cc1nc(Cc2ncccc2F)nn1/C(N)=N\C(C)C=O. The molecular weight excluding hydrogens is 275 g/mol. The quantitative estimate of drug-likeness (QED) is 0.501. The van der Waals surface area contributed by atoms with E-state index < -0.39 is 11.9 Å². The van der Waals surface area contributed by atoms with Crippen LogP contribution >= 0.6 is 0 Å². The fraction of sp³-hybridized carbons (Fsp3) is 0.308. The molecule has 0 bridgehead atoms. The summed E-state index contributed by atoms with van der Waals surface area (Å²) >= 11 is 0. The number of nitrogens with two attached hydrogens (primary N) is 1. The van der Waals surface area contributed by atoms with Gasteiger partial charge in [-0.25, -0.2) is 14.4 Å². The van der Waals surface area contributed by atoms with Crippen LogP contribution in [0.1, 0.15) is 24.3 Å². The molecule has 8 heteroatoms. The Labute approximate surface area is 120 Å². The Hall–Kier alpha value is -2.64. The standard InChI is InChI=1S/C13H15FN6O/c1-8(7-21)17-13(15)20-9(2)18-12(19-20)6-11-10(14)4-3-5-16-11/h3-5,7-8H,6H2,1-2H3,(H2,15,17). The average Bonchev–Trinajstić information content (AvgIpc) is 2.82. The zero-order valence-corrected chi connectivity index (χ0v) is 11.7. The van der Waals surface area contributed by atoms with Gasteiger partial charge in [0.2, 0.25) is 5.96 Å². The summed E-state index contributed by atoms with van der Waals surface area (Å²) in [6, 6.07) is 2.28. The van der Waals surface area contributed by atoms with Crippen LogP contribution in [0.5, 0.6) is 0 Å².